The molecule has 0 saturated carbocycles. The van der Waals surface area contributed by atoms with Crippen molar-refractivity contribution in [3.8, 4) is 17.0 Å². The van der Waals surface area contributed by atoms with Crippen LogP contribution in [-0.2, 0) is 4.74 Å². The van der Waals surface area contributed by atoms with Gasteiger partial charge in [0.25, 0.3) is 0 Å². The molecule has 1 spiro atoms. The summed E-state index contributed by atoms with van der Waals surface area (Å²) in [4.78, 5) is 16.2. The van der Waals surface area contributed by atoms with E-state index in [1.54, 1.807) is 17.0 Å². The van der Waals surface area contributed by atoms with Crippen LogP contribution in [0.5, 0.6) is 5.75 Å². The second-order valence-electron chi connectivity index (χ2n) is 9.34. The number of ether oxygens (including phenoxy) is 1. The quantitative estimate of drug-likeness (QED) is 0.781. The fraction of sp³-hybridized carbons (Fsp3) is 0.500. The summed E-state index contributed by atoms with van der Waals surface area (Å²) < 4.78 is 5.47. The van der Waals surface area contributed by atoms with Crippen LogP contribution >= 0.6 is 0 Å². The lowest BCUT2D eigenvalue weighted by molar-refractivity contribution is -0.0434. The van der Waals surface area contributed by atoms with E-state index in [2.05, 4.69) is 15.1 Å². The van der Waals surface area contributed by atoms with E-state index in [4.69, 9.17) is 10.5 Å². The molecule has 0 radical (unpaired) electrons. The minimum atomic E-state index is -0.472. The van der Waals surface area contributed by atoms with Crippen molar-refractivity contribution in [3.63, 3.8) is 0 Å². The Kier molecular flexibility index (Phi) is 4.95. The lowest BCUT2D eigenvalue weighted by Crippen LogP contribution is -2.62. The van der Waals surface area contributed by atoms with Gasteiger partial charge in [-0.1, -0.05) is 12.1 Å². The second kappa shape index (κ2) is 7.34. The molecule has 0 aliphatic carbocycles. The van der Waals surface area contributed by atoms with Gasteiger partial charge in [-0.15, -0.1) is 10.2 Å². The number of hydrogen-bond donors (Lipinski definition) is 2. The van der Waals surface area contributed by atoms with E-state index in [0.717, 1.165) is 44.7 Å². The highest BCUT2D eigenvalue weighted by atomic mass is 16.6. The Balaban J connectivity index is 1.41. The molecule has 8 heteroatoms. The summed E-state index contributed by atoms with van der Waals surface area (Å²) in [5.41, 5.74) is 7.87. The van der Waals surface area contributed by atoms with E-state index in [1.165, 1.54) is 0 Å². The number of phenolic OH excluding ortho intramolecular Hbond substituents is 1. The number of piperidine rings is 1. The van der Waals surface area contributed by atoms with Gasteiger partial charge in [-0.25, -0.2) is 4.79 Å². The van der Waals surface area contributed by atoms with Crippen LogP contribution in [0.2, 0.25) is 0 Å². The van der Waals surface area contributed by atoms with Gasteiger partial charge < -0.3 is 25.4 Å². The van der Waals surface area contributed by atoms with E-state index in [9.17, 15) is 9.90 Å². The summed E-state index contributed by atoms with van der Waals surface area (Å²) in [6.07, 6.45) is 1.71. The van der Waals surface area contributed by atoms with Crippen molar-refractivity contribution in [2.45, 2.75) is 39.2 Å². The van der Waals surface area contributed by atoms with Gasteiger partial charge in [-0.2, -0.15) is 0 Å². The van der Waals surface area contributed by atoms with Crippen molar-refractivity contribution in [2.75, 3.05) is 36.8 Å². The molecule has 1 aromatic carbocycles. The van der Waals surface area contributed by atoms with Gasteiger partial charge in [0.15, 0.2) is 5.82 Å². The molecule has 0 unspecified atom stereocenters. The molecule has 160 valence electrons. The van der Waals surface area contributed by atoms with Crippen molar-refractivity contribution < 1.29 is 14.6 Å². The molecule has 1 amide bonds. The number of rotatable bonds is 2. The highest BCUT2D eigenvalue weighted by Crippen LogP contribution is 2.43. The van der Waals surface area contributed by atoms with Gasteiger partial charge in [0.05, 0.1) is 11.4 Å². The van der Waals surface area contributed by atoms with Crippen molar-refractivity contribution in [1.82, 2.24) is 15.1 Å². The zero-order valence-corrected chi connectivity index (χ0v) is 17.8. The second-order valence-corrected chi connectivity index (χ2v) is 9.34. The SMILES string of the molecule is CC(C)(C)OC(=O)N1CC2(CCN(c3cc(-c4ccccc4O)nnc3N)CC2)C1. The number of benzene rings is 1. The third-order valence-electron chi connectivity index (χ3n) is 5.85. The average molecular weight is 412 g/mol. The molecule has 3 heterocycles. The maximum atomic E-state index is 12.2. The van der Waals surface area contributed by atoms with Crippen LogP contribution in [0.4, 0.5) is 16.3 Å². The maximum Gasteiger partial charge on any atom is 0.410 e. The molecule has 0 bridgehead atoms. The predicted octanol–water partition coefficient (Wildman–Crippen LogP) is 3.27. The van der Waals surface area contributed by atoms with Crippen LogP contribution in [-0.4, -0.2) is 58.1 Å². The van der Waals surface area contributed by atoms with E-state index < -0.39 is 5.60 Å². The number of hydrogen-bond acceptors (Lipinski definition) is 7. The molecule has 8 nitrogen and oxygen atoms in total. The number of nitrogens with zero attached hydrogens (tertiary/aromatic N) is 4. The van der Waals surface area contributed by atoms with Crippen molar-refractivity contribution in [1.29, 1.82) is 0 Å². The summed E-state index contributed by atoms with van der Waals surface area (Å²) in [5, 5.41) is 18.4. The van der Waals surface area contributed by atoms with E-state index in [-0.39, 0.29) is 17.3 Å². The number of likely N-dealkylation sites (tertiary alicyclic amines) is 1. The van der Waals surface area contributed by atoms with Crippen LogP contribution in [0, 0.1) is 5.41 Å². The molecular weight excluding hydrogens is 382 g/mol. The Hall–Kier alpha value is -3.03. The Bertz CT molecular complexity index is 940. The molecule has 2 fully saturated rings. The number of phenols is 1. The number of amides is 1. The van der Waals surface area contributed by atoms with Crippen molar-refractivity contribution in [2.24, 2.45) is 5.41 Å². The first-order valence-corrected chi connectivity index (χ1v) is 10.3. The first-order chi connectivity index (χ1) is 14.2. The zero-order chi connectivity index (χ0) is 21.5. The van der Waals surface area contributed by atoms with Gasteiger partial charge >= 0.3 is 6.09 Å². The highest BCUT2D eigenvalue weighted by Gasteiger charge is 2.48. The largest absolute Gasteiger partial charge is 0.507 e. The molecule has 30 heavy (non-hydrogen) atoms. The molecular formula is C22H29N5O3. The Morgan fingerprint density at radius 1 is 1.17 bits per heavy atom. The lowest BCUT2D eigenvalue weighted by Gasteiger charge is -2.54. The summed E-state index contributed by atoms with van der Waals surface area (Å²) in [6.45, 7) is 8.79. The molecule has 0 atom stereocenters. The normalized spacial score (nSPS) is 18.2. The number of nitrogens with two attached hydrogens (primary N) is 1. The van der Waals surface area contributed by atoms with Gasteiger partial charge in [0.1, 0.15) is 11.4 Å². The third kappa shape index (κ3) is 3.99. The fourth-order valence-corrected chi connectivity index (χ4v) is 4.22. The minimum Gasteiger partial charge on any atom is -0.507 e. The van der Waals surface area contributed by atoms with Crippen LogP contribution < -0.4 is 10.6 Å². The number of carbonyl (C=O) groups excluding carboxylic acids is 1. The zero-order valence-electron chi connectivity index (χ0n) is 17.8. The fourth-order valence-electron chi connectivity index (χ4n) is 4.22. The van der Waals surface area contributed by atoms with Crippen molar-refractivity contribution >= 4 is 17.6 Å². The number of para-hydroxylation sites is 1. The predicted molar refractivity (Wildman–Crippen MR) is 115 cm³/mol. The monoisotopic (exact) mass is 411 g/mol. The smallest absolute Gasteiger partial charge is 0.410 e. The number of nitrogen functional groups attached to an aromatic ring is 1. The van der Waals surface area contributed by atoms with Gasteiger partial charge in [-0.3, -0.25) is 0 Å². The maximum absolute atomic E-state index is 12.2. The summed E-state index contributed by atoms with van der Waals surface area (Å²) in [6, 6.07) is 8.95. The van der Waals surface area contributed by atoms with E-state index >= 15 is 0 Å². The topological polar surface area (TPSA) is 105 Å². The molecule has 3 N–H and O–H groups in total. The number of aromatic nitrogens is 2. The number of anilines is 2. The van der Waals surface area contributed by atoms with Gasteiger partial charge in [-0.05, 0) is 51.8 Å². The first-order valence-electron chi connectivity index (χ1n) is 10.3. The summed E-state index contributed by atoms with van der Waals surface area (Å²) in [5.74, 6) is 0.547. The van der Waals surface area contributed by atoms with Crippen LogP contribution in [0.3, 0.4) is 0 Å². The summed E-state index contributed by atoms with van der Waals surface area (Å²) in [7, 11) is 0. The average Bonchev–Trinajstić information content (AvgIpc) is 2.66. The molecule has 2 saturated heterocycles. The van der Waals surface area contributed by atoms with Crippen molar-refractivity contribution in [3.05, 3.63) is 30.3 Å². The third-order valence-corrected chi connectivity index (χ3v) is 5.85. The van der Waals surface area contributed by atoms with Crippen LogP contribution in [0.15, 0.2) is 30.3 Å². The molecule has 2 aliphatic heterocycles. The summed E-state index contributed by atoms with van der Waals surface area (Å²) >= 11 is 0. The molecule has 2 aliphatic rings. The van der Waals surface area contributed by atoms with E-state index in [1.807, 2.05) is 39.0 Å². The van der Waals surface area contributed by atoms with Crippen LogP contribution in [0.1, 0.15) is 33.6 Å². The van der Waals surface area contributed by atoms with Gasteiger partial charge in [0.2, 0.25) is 0 Å². The Labute approximate surface area is 176 Å². The number of carbonyl (C=O) groups is 1. The Morgan fingerprint density at radius 3 is 2.47 bits per heavy atom. The lowest BCUT2D eigenvalue weighted by atomic mass is 9.72. The Morgan fingerprint density at radius 2 is 1.83 bits per heavy atom. The first kappa shape index (κ1) is 20.3. The molecule has 1 aromatic heterocycles. The standard InChI is InChI=1S/C22H29N5O3/c1-21(2,3)30-20(29)27-13-22(14-27)8-10-26(11-9-22)17-12-16(24-25-19(17)23)15-6-4-5-7-18(15)28/h4-7,12,28H,8-11,13-14H2,1-3H3,(H2,23,25). The molecule has 2 aromatic rings. The minimum absolute atomic E-state index is 0.156. The number of aromatic hydroxyl groups is 1. The molecule has 4 rings (SSSR count). The van der Waals surface area contributed by atoms with Gasteiger partial charge in [0, 0.05) is 37.2 Å². The highest BCUT2D eigenvalue weighted by molar-refractivity contribution is 5.74. The van der Waals surface area contributed by atoms with Crippen LogP contribution in [0.25, 0.3) is 11.3 Å². The van der Waals surface area contributed by atoms with E-state index in [0.29, 0.717) is 17.1 Å².